The maximum atomic E-state index is 11.3. The van der Waals surface area contributed by atoms with E-state index in [0.717, 1.165) is 17.2 Å². The first-order valence-electron chi connectivity index (χ1n) is 4.73. The van der Waals surface area contributed by atoms with Crippen LogP contribution in [-0.2, 0) is 11.9 Å². The molecule has 82 valence electrons. The lowest BCUT2D eigenvalue weighted by molar-refractivity contribution is -0.736. The van der Waals surface area contributed by atoms with Gasteiger partial charge < -0.3 is 4.57 Å². The number of carbonyl (C=O) groups is 1. The van der Waals surface area contributed by atoms with Gasteiger partial charge in [0.25, 0.3) is 4.92 Å². The Morgan fingerprint density at radius 3 is 2.81 bits per heavy atom. The van der Waals surface area contributed by atoms with E-state index in [0.29, 0.717) is 16.2 Å². The summed E-state index contributed by atoms with van der Waals surface area (Å²) in [7, 11) is 3.14. The van der Waals surface area contributed by atoms with E-state index < -0.39 is 0 Å². The van der Waals surface area contributed by atoms with Gasteiger partial charge in [-0.15, -0.1) is 0 Å². The standard InChI is InChI=1S/C11H11N2O3/c1-12-6-8(7-14)10-5-9(13(15)16-2)3-4-11(10)12/h3-7H,1-2H3/q+1. The highest BCUT2D eigenvalue weighted by Gasteiger charge is 2.16. The number of aldehydes is 1. The van der Waals surface area contributed by atoms with E-state index in [4.69, 9.17) is 0 Å². The number of hydrogen-bond acceptors (Lipinski definition) is 3. The van der Waals surface area contributed by atoms with Gasteiger partial charge in [0.05, 0.1) is 4.91 Å². The number of benzene rings is 1. The Hall–Kier alpha value is -2.17. The fourth-order valence-electron chi connectivity index (χ4n) is 1.72. The Labute approximate surface area is 91.8 Å². The maximum Gasteiger partial charge on any atom is 0.317 e. The molecule has 0 aliphatic rings. The highest BCUT2D eigenvalue weighted by Crippen LogP contribution is 2.24. The molecule has 1 aromatic carbocycles. The van der Waals surface area contributed by atoms with Crippen molar-refractivity contribution in [2.24, 2.45) is 7.05 Å². The molecule has 0 N–H and O–H groups in total. The summed E-state index contributed by atoms with van der Waals surface area (Å²) in [6.45, 7) is 0. The molecular weight excluding hydrogens is 208 g/mol. The molecule has 1 aromatic heterocycles. The average Bonchev–Trinajstić information content (AvgIpc) is 2.64. The van der Waals surface area contributed by atoms with Crippen molar-refractivity contribution in [1.82, 2.24) is 4.57 Å². The summed E-state index contributed by atoms with van der Waals surface area (Å²) < 4.78 is 1.84. The fourth-order valence-corrected chi connectivity index (χ4v) is 1.72. The molecule has 16 heavy (non-hydrogen) atoms. The van der Waals surface area contributed by atoms with Crippen molar-refractivity contribution in [3.05, 3.63) is 34.9 Å². The summed E-state index contributed by atoms with van der Waals surface area (Å²) in [5, 5.41) is 0.743. The van der Waals surface area contributed by atoms with Crippen molar-refractivity contribution in [3.63, 3.8) is 0 Å². The van der Waals surface area contributed by atoms with E-state index >= 15 is 0 Å². The topological polar surface area (TPSA) is 51.3 Å². The van der Waals surface area contributed by atoms with Gasteiger partial charge in [0, 0.05) is 41.8 Å². The highest BCUT2D eigenvalue weighted by atomic mass is 16.8. The van der Waals surface area contributed by atoms with Crippen LogP contribution in [0.25, 0.3) is 10.9 Å². The molecule has 1 heterocycles. The third-order valence-corrected chi connectivity index (χ3v) is 2.51. The lowest BCUT2D eigenvalue weighted by Crippen LogP contribution is -1.97. The van der Waals surface area contributed by atoms with Gasteiger partial charge in [-0.2, -0.15) is 0 Å². The van der Waals surface area contributed by atoms with E-state index in [1.54, 1.807) is 24.4 Å². The Kier molecular flexibility index (Phi) is 2.44. The van der Waals surface area contributed by atoms with Crippen molar-refractivity contribution in [1.29, 1.82) is 0 Å². The molecule has 0 bridgehead atoms. The first kappa shape index (κ1) is 10.4. The van der Waals surface area contributed by atoms with E-state index in [1.165, 1.54) is 7.11 Å². The van der Waals surface area contributed by atoms with Crippen LogP contribution in [0.4, 0.5) is 5.69 Å². The fraction of sp³-hybridized carbons (Fsp3) is 0.182. The normalized spacial score (nSPS) is 10.4. The maximum absolute atomic E-state index is 11.3. The van der Waals surface area contributed by atoms with E-state index in [9.17, 15) is 9.70 Å². The molecule has 0 aliphatic heterocycles. The Morgan fingerprint density at radius 2 is 2.19 bits per heavy atom. The number of hydrogen-bond donors (Lipinski definition) is 0. The summed E-state index contributed by atoms with van der Waals surface area (Å²) in [6.07, 6.45) is 2.50. The third kappa shape index (κ3) is 1.46. The van der Waals surface area contributed by atoms with Crippen LogP contribution in [0.1, 0.15) is 10.4 Å². The van der Waals surface area contributed by atoms with Crippen LogP contribution >= 0.6 is 0 Å². The van der Waals surface area contributed by atoms with Gasteiger partial charge in [-0.25, -0.2) is 4.84 Å². The van der Waals surface area contributed by atoms with Crippen molar-refractivity contribution in [2.75, 3.05) is 7.11 Å². The van der Waals surface area contributed by atoms with Gasteiger partial charge >= 0.3 is 5.69 Å². The summed E-state index contributed by atoms with van der Waals surface area (Å²) in [5.74, 6) is 0. The molecule has 0 amide bonds. The quantitative estimate of drug-likeness (QED) is 0.585. The molecule has 0 spiro atoms. The first-order valence-corrected chi connectivity index (χ1v) is 4.73. The van der Waals surface area contributed by atoms with Crippen molar-refractivity contribution < 1.29 is 14.6 Å². The number of aryl methyl sites for hydroxylation is 1. The van der Waals surface area contributed by atoms with Gasteiger partial charge in [-0.1, -0.05) is 0 Å². The molecule has 2 aromatic rings. The second-order valence-electron chi connectivity index (χ2n) is 3.45. The summed E-state index contributed by atoms with van der Waals surface area (Å²) in [6, 6.07) is 5.06. The number of nitrogens with zero attached hydrogens (tertiary/aromatic N) is 2. The molecule has 0 saturated heterocycles. The zero-order valence-corrected chi connectivity index (χ0v) is 9.01. The summed E-state index contributed by atoms with van der Waals surface area (Å²) in [5.41, 5.74) is 1.82. The Bertz CT molecular complexity index is 572. The van der Waals surface area contributed by atoms with Crippen LogP contribution in [-0.4, -0.2) is 22.9 Å². The van der Waals surface area contributed by atoms with Gasteiger partial charge in [0.1, 0.15) is 0 Å². The van der Waals surface area contributed by atoms with Gasteiger partial charge in [0.15, 0.2) is 13.4 Å². The molecule has 0 atom stereocenters. The Morgan fingerprint density at radius 1 is 1.44 bits per heavy atom. The van der Waals surface area contributed by atoms with Crippen LogP contribution < -0.4 is 0 Å². The van der Waals surface area contributed by atoms with Crippen molar-refractivity contribution in [2.45, 2.75) is 0 Å². The molecule has 5 nitrogen and oxygen atoms in total. The lowest BCUT2D eigenvalue weighted by atomic mass is 10.2. The van der Waals surface area contributed by atoms with Gasteiger partial charge in [-0.3, -0.25) is 4.79 Å². The van der Waals surface area contributed by atoms with Crippen LogP contribution in [0.5, 0.6) is 0 Å². The number of carbonyl (C=O) groups excluding carboxylic acids is 1. The van der Waals surface area contributed by atoms with E-state index in [1.807, 2.05) is 11.6 Å². The van der Waals surface area contributed by atoms with E-state index in [-0.39, 0.29) is 0 Å². The SMILES string of the molecule is CO[N+](=O)c1ccc2c(c1)c(C=O)cn2C. The zero-order valence-electron chi connectivity index (χ0n) is 9.01. The van der Waals surface area contributed by atoms with E-state index in [2.05, 4.69) is 4.84 Å². The summed E-state index contributed by atoms with van der Waals surface area (Å²) in [4.78, 5) is 27.1. The molecule has 0 saturated carbocycles. The minimum atomic E-state index is 0.365. The second kappa shape index (κ2) is 3.77. The zero-order chi connectivity index (χ0) is 11.7. The number of rotatable bonds is 3. The molecule has 0 aliphatic carbocycles. The third-order valence-electron chi connectivity index (χ3n) is 2.51. The lowest BCUT2D eigenvalue weighted by Gasteiger charge is -1.94. The molecule has 0 fully saturated rings. The second-order valence-corrected chi connectivity index (χ2v) is 3.45. The predicted molar refractivity (Wildman–Crippen MR) is 58.6 cm³/mol. The monoisotopic (exact) mass is 219 g/mol. The first-order chi connectivity index (χ1) is 7.67. The molecule has 5 heteroatoms. The van der Waals surface area contributed by atoms with Crippen LogP contribution in [0.3, 0.4) is 0 Å². The average molecular weight is 219 g/mol. The molecular formula is C11H11N2O3+. The van der Waals surface area contributed by atoms with Gasteiger partial charge in [0.2, 0.25) is 0 Å². The van der Waals surface area contributed by atoms with Crippen molar-refractivity contribution >= 4 is 22.9 Å². The summed E-state index contributed by atoms with van der Waals surface area (Å²) >= 11 is 0. The minimum absolute atomic E-state index is 0.365. The van der Waals surface area contributed by atoms with Crippen LogP contribution in [0, 0.1) is 4.91 Å². The highest BCUT2D eigenvalue weighted by molar-refractivity contribution is 5.98. The Balaban J connectivity index is 2.68. The molecule has 0 radical (unpaired) electrons. The predicted octanol–water partition coefficient (Wildman–Crippen LogP) is 1.96. The van der Waals surface area contributed by atoms with Crippen LogP contribution in [0.2, 0.25) is 0 Å². The van der Waals surface area contributed by atoms with Gasteiger partial charge in [-0.05, 0) is 6.07 Å². The molecule has 0 unspecified atom stereocenters. The molecule has 2 rings (SSSR count). The number of aromatic nitrogens is 1. The van der Waals surface area contributed by atoms with Crippen LogP contribution in [0.15, 0.2) is 24.4 Å². The van der Waals surface area contributed by atoms with Crippen molar-refractivity contribution in [3.8, 4) is 0 Å². The largest absolute Gasteiger partial charge is 0.350 e. The minimum Gasteiger partial charge on any atom is -0.350 e. The number of fused-ring (bicyclic) bond motifs is 1. The smallest absolute Gasteiger partial charge is 0.317 e.